The maximum atomic E-state index is 12.2. The van der Waals surface area contributed by atoms with Crippen molar-refractivity contribution in [1.29, 1.82) is 0 Å². The van der Waals surface area contributed by atoms with Crippen LogP contribution < -0.4 is 0 Å². The molecule has 0 aromatic rings. The van der Waals surface area contributed by atoms with E-state index in [-0.39, 0.29) is 6.42 Å². The van der Waals surface area contributed by atoms with E-state index in [2.05, 4.69) is 4.74 Å². The first kappa shape index (κ1) is 9.80. The molecular formula is C7H11F3O2. The molecule has 2 atom stereocenters. The first-order valence-corrected chi connectivity index (χ1v) is 3.75. The quantitative estimate of drug-likeness (QED) is 0.615. The largest absolute Gasteiger partial charge is 0.419 e. The van der Waals surface area contributed by atoms with Gasteiger partial charge in [0.1, 0.15) is 0 Å². The number of hydrogen-bond donors (Lipinski definition) is 1. The monoisotopic (exact) mass is 184 g/mol. The molecule has 1 aliphatic heterocycles. The van der Waals surface area contributed by atoms with E-state index in [1.54, 1.807) is 0 Å². The van der Waals surface area contributed by atoms with Crippen LogP contribution in [-0.4, -0.2) is 30.1 Å². The van der Waals surface area contributed by atoms with Crippen LogP contribution in [0, 0.1) is 5.92 Å². The maximum Gasteiger partial charge on any atom is 0.419 e. The zero-order valence-electron chi connectivity index (χ0n) is 6.69. The van der Waals surface area contributed by atoms with Crippen LogP contribution in [-0.2, 0) is 4.74 Å². The van der Waals surface area contributed by atoms with E-state index in [0.717, 1.165) is 0 Å². The van der Waals surface area contributed by atoms with Crippen LogP contribution >= 0.6 is 0 Å². The van der Waals surface area contributed by atoms with Gasteiger partial charge in [-0.25, -0.2) is 0 Å². The molecule has 0 saturated carbocycles. The maximum absolute atomic E-state index is 12.2. The Morgan fingerprint density at radius 1 is 1.50 bits per heavy atom. The van der Waals surface area contributed by atoms with Gasteiger partial charge in [0, 0.05) is 6.61 Å². The SMILES string of the molecule is CC1CCOCC1(O)C(F)(F)F. The average molecular weight is 184 g/mol. The highest BCUT2D eigenvalue weighted by molar-refractivity contribution is 4.93. The van der Waals surface area contributed by atoms with Crippen LogP contribution in [0.1, 0.15) is 13.3 Å². The first-order valence-electron chi connectivity index (χ1n) is 3.75. The summed E-state index contributed by atoms with van der Waals surface area (Å²) in [6.45, 7) is 1.03. The first-order chi connectivity index (χ1) is 5.38. The van der Waals surface area contributed by atoms with Crippen LogP contribution in [0.5, 0.6) is 0 Å². The molecule has 0 aliphatic carbocycles. The van der Waals surface area contributed by atoms with E-state index in [9.17, 15) is 18.3 Å². The molecule has 1 rings (SSSR count). The van der Waals surface area contributed by atoms with Crippen molar-refractivity contribution in [2.75, 3.05) is 13.2 Å². The van der Waals surface area contributed by atoms with Crippen molar-refractivity contribution >= 4 is 0 Å². The molecule has 1 fully saturated rings. The zero-order valence-corrected chi connectivity index (χ0v) is 6.69. The van der Waals surface area contributed by atoms with Crippen LogP contribution in [0.25, 0.3) is 0 Å². The number of hydrogen-bond acceptors (Lipinski definition) is 2. The fourth-order valence-electron chi connectivity index (χ4n) is 1.23. The summed E-state index contributed by atoms with van der Waals surface area (Å²) in [5, 5.41) is 9.23. The van der Waals surface area contributed by atoms with Gasteiger partial charge in [-0.05, 0) is 12.3 Å². The van der Waals surface area contributed by atoms with Crippen molar-refractivity contribution in [2.45, 2.75) is 25.1 Å². The number of halogens is 3. The topological polar surface area (TPSA) is 29.5 Å². The lowest BCUT2D eigenvalue weighted by Gasteiger charge is -2.38. The minimum atomic E-state index is -4.59. The standard InChI is InChI=1S/C7H11F3O2/c1-5-2-3-12-4-6(5,11)7(8,9)10/h5,11H,2-4H2,1H3. The van der Waals surface area contributed by atoms with Gasteiger partial charge < -0.3 is 9.84 Å². The summed E-state index contributed by atoms with van der Waals surface area (Å²) >= 11 is 0. The Balaban J connectivity index is 2.79. The van der Waals surface area contributed by atoms with E-state index in [1.165, 1.54) is 6.92 Å². The molecule has 0 aromatic carbocycles. The fraction of sp³-hybridized carbons (Fsp3) is 1.00. The molecule has 0 amide bonds. The molecule has 0 spiro atoms. The predicted octanol–water partition coefficient (Wildman–Crippen LogP) is 1.34. The van der Waals surface area contributed by atoms with E-state index in [0.29, 0.717) is 6.61 Å². The van der Waals surface area contributed by atoms with Crippen molar-refractivity contribution in [3.63, 3.8) is 0 Å². The van der Waals surface area contributed by atoms with Crippen LogP contribution in [0.2, 0.25) is 0 Å². The van der Waals surface area contributed by atoms with E-state index in [4.69, 9.17) is 0 Å². The summed E-state index contributed by atoms with van der Waals surface area (Å²) in [6, 6.07) is 0. The molecular weight excluding hydrogens is 173 g/mol. The summed E-state index contributed by atoms with van der Waals surface area (Å²) in [4.78, 5) is 0. The highest BCUT2D eigenvalue weighted by Gasteiger charge is 2.58. The number of rotatable bonds is 0. The van der Waals surface area contributed by atoms with Crippen molar-refractivity contribution in [1.82, 2.24) is 0 Å². The molecule has 1 aliphatic rings. The fourth-order valence-corrected chi connectivity index (χ4v) is 1.23. The van der Waals surface area contributed by atoms with E-state index >= 15 is 0 Å². The molecule has 1 heterocycles. The van der Waals surface area contributed by atoms with Crippen molar-refractivity contribution < 1.29 is 23.0 Å². The van der Waals surface area contributed by atoms with Gasteiger partial charge >= 0.3 is 6.18 Å². The van der Waals surface area contributed by atoms with Crippen molar-refractivity contribution in [2.24, 2.45) is 5.92 Å². The average Bonchev–Trinajstić information content (AvgIpc) is 1.93. The second-order valence-corrected chi connectivity index (χ2v) is 3.16. The van der Waals surface area contributed by atoms with Gasteiger partial charge in [-0.1, -0.05) is 6.92 Å². The van der Waals surface area contributed by atoms with Gasteiger partial charge in [0.25, 0.3) is 0 Å². The third-order valence-electron chi connectivity index (χ3n) is 2.32. The third kappa shape index (κ3) is 1.43. The Morgan fingerprint density at radius 2 is 2.08 bits per heavy atom. The summed E-state index contributed by atoms with van der Waals surface area (Å²) in [5.41, 5.74) is -2.65. The van der Waals surface area contributed by atoms with Crippen LogP contribution in [0.4, 0.5) is 13.2 Å². The lowest BCUT2D eigenvalue weighted by Crippen LogP contribution is -2.56. The molecule has 2 unspecified atom stereocenters. The highest BCUT2D eigenvalue weighted by atomic mass is 19.4. The second kappa shape index (κ2) is 2.88. The lowest BCUT2D eigenvalue weighted by atomic mass is 9.85. The normalized spacial score (nSPS) is 38.2. The molecule has 72 valence electrons. The van der Waals surface area contributed by atoms with Gasteiger partial charge in [-0.15, -0.1) is 0 Å². The Labute approximate surface area is 68.3 Å². The summed E-state index contributed by atoms with van der Waals surface area (Å²) in [7, 11) is 0. The Bertz CT molecular complexity index is 169. The summed E-state index contributed by atoms with van der Waals surface area (Å²) in [6.07, 6.45) is -4.34. The zero-order chi connectivity index (χ0) is 9.41. The van der Waals surface area contributed by atoms with Gasteiger partial charge in [-0.3, -0.25) is 0 Å². The van der Waals surface area contributed by atoms with Crippen LogP contribution in [0.3, 0.4) is 0 Å². The van der Waals surface area contributed by atoms with Gasteiger partial charge in [0.15, 0.2) is 5.60 Å². The molecule has 1 saturated heterocycles. The molecule has 0 aromatic heterocycles. The summed E-state index contributed by atoms with van der Waals surface area (Å²) < 4.78 is 41.3. The lowest BCUT2D eigenvalue weighted by molar-refractivity contribution is -0.304. The molecule has 2 nitrogen and oxygen atoms in total. The smallest absolute Gasteiger partial charge is 0.378 e. The Hall–Kier alpha value is -0.290. The molecule has 1 N–H and O–H groups in total. The van der Waals surface area contributed by atoms with Gasteiger partial charge in [0.2, 0.25) is 0 Å². The Morgan fingerprint density at radius 3 is 2.42 bits per heavy atom. The number of aliphatic hydroxyl groups is 1. The molecule has 12 heavy (non-hydrogen) atoms. The van der Waals surface area contributed by atoms with Gasteiger partial charge in [0.05, 0.1) is 6.61 Å². The number of ether oxygens (including phenoxy) is 1. The van der Waals surface area contributed by atoms with E-state index in [1.807, 2.05) is 0 Å². The third-order valence-corrected chi connectivity index (χ3v) is 2.32. The Kier molecular flexibility index (Phi) is 2.35. The molecule has 0 bridgehead atoms. The molecule has 5 heteroatoms. The highest BCUT2D eigenvalue weighted by Crippen LogP contribution is 2.39. The van der Waals surface area contributed by atoms with E-state index < -0.39 is 24.3 Å². The summed E-state index contributed by atoms with van der Waals surface area (Å²) in [5.74, 6) is -0.786. The number of alkyl halides is 3. The predicted molar refractivity (Wildman–Crippen MR) is 35.6 cm³/mol. The molecule has 0 radical (unpaired) electrons. The van der Waals surface area contributed by atoms with Crippen LogP contribution in [0.15, 0.2) is 0 Å². The van der Waals surface area contributed by atoms with Crippen molar-refractivity contribution in [3.05, 3.63) is 0 Å². The van der Waals surface area contributed by atoms with Gasteiger partial charge in [-0.2, -0.15) is 13.2 Å². The minimum Gasteiger partial charge on any atom is -0.378 e. The van der Waals surface area contributed by atoms with Crippen molar-refractivity contribution in [3.8, 4) is 0 Å². The second-order valence-electron chi connectivity index (χ2n) is 3.16. The minimum absolute atomic E-state index is 0.246.